The number of halogens is 3. The zero-order valence-corrected chi connectivity index (χ0v) is 14.1. The maximum Gasteiger partial charge on any atom is 0.170 e. The van der Waals surface area contributed by atoms with Crippen molar-refractivity contribution in [2.24, 2.45) is 0 Å². The van der Waals surface area contributed by atoms with E-state index in [0.717, 1.165) is 27.8 Å². The Morgan fingerprint density at radius 3 is 2.81 bits per heavy atom. The normalized spacial score (nSPS) is 12.9. The van der Waals surface area contributed by atoms with Crippen molar-refractivity contribution in [3.8, 4) is 5.75 Å². The third-order valence-electron chi connectivity index (χ3n) is 3.41. The molecule has 1 aliphatic heterocycles. The van der Waals surface area contributed by atoms with Gasteiger partial charge in [0.1, 0.15) is 11.6 Å². The molecule has 2 aromatic rings. The van der Waals surface area contributed by atoms with E-state index in [1.54, 1.807) is 6.07 Å². The van der Waals surface area contributed by atoms with Gasteiger partial charge in [0, 0.05) is 27.4 Å². The summed E-state index contributed by atoms with van der Waals surface area (Å²) in [7, 11) is 0. The molecule has 0 aromatic heterocycles. The highest BCUT2D eigenvalue weighted by Crippen LogP contribution is 2.34. The van der Waals surface area contributed by atoms with Crippen molar-refractivity contribution in [1.82, 2.24) is 0 Å². The van der Waals surface area contributed by atoms with Crippen LogP contribution in [0.1, 0.15) is 21.5 Å². The number of carbonyl (C=O) groups is 1. The second-order valence-electron chi connectivity index (χ2n) is 4.88. The maximum absolute atomic E-state index is 13.8. The fourth-order valence-corrected chi connectivity index (χ4v) is 3.37. The van der Waals surface area contributed by atoms with Crippen LogP contribution in [-0.4, -0.2) is 12.4 Å². The molecule has 0 amide bonds. The van der Waals surface area contributed by atoms with Crippen LogP contribution in [0.2, 0.25) is 0 Å². The monoisotopic (exact) mass is 412 g/mol. The van der Waals surface area contributed by atoms with E-state index in [2.05, 4.69) is 31.9 Å². The van der Waals surface area contributed by atoms with Crippen molar-refractivity contribution < 1.29 is 13.9 Å². The Morgan fingerprint density at radius 2 is 2.00 bits per heavy atom. The van der Waals surface area contributed by atoms with Crippen molar-refractivity contribution in [2.75, 3.05) is 6.61 Å². The van der Waals surface area contributed by atoms with Gasteiger partial charge < -0.3 is 4.74 Å². The quantitative estimate of drug-likeness (QED) is 0.681. The summed E-state index contributed by atoms with van der Waals surface area (Å²) in [6.07, 6.45) is 0.955. The minimum Gasteiger partial charge on any atom is -0.493 e. The van der Waals surface area contributed by atoms with Crippen LogP contribution in [0.3, 0.4) is 0 Å². The van der Waals surface area contributed by atoms with E-state index in [-0.39, 0.29) is 17.8 Å². The van der Waals surface area contributed by atoms with E-state index in [9.17, 15) is 9.18 Å². The molecule has 0 aliphatic carbocycles. The molecule has 2 aromatic carbocycles. The van der Waals surface area contributed by atoms with Crippen LogP contribution < -0.4 is 4.74 Å². The Balaban J connectivity index is 1.94. The number of rotatable bonds is 3. The van der Waals surface area contributed by atoms with Gasteiger partial charge in [0.2, 0.25) is 0 Å². The topological polar surface area (TPSA) is 26.3 Å². The zero-order valence-electron chi connectivity index (χ0n) is 11.0. The van der Waals surface area contributed by atoms with Crippen molar-refractivity contribution >= 4 is 37.6 Å². The van der Waals surface area contributed by atoms with Crippen molar-refractivity contribution in [3.63, 3.8) is 0 Å². The van der Waals surface area contributed by atoms with Crippen LogP contribution in [0, 0.1) is 5.82 Å². The Morgan fingerprint density at radius 1 is 1.19 bits per heavy atom. The van der Waals surface area contributed by atoms with Crippen LogP contribution in [0.25, 0.3) is 0 Å². The predicted octanol–water partition coefficient (Wildman–Crippen LogP) is 4.71. The van der Waals surface area contributed by atoms with Gasteiger partial charge in [-0.3, -0.25) is 4.79 Å². The number of benzene rings is 2. The summed E-state index contributed by atoms with van der Waals surface area (Å²) in [6.45, 7) is 0.623. The molecule has 0 saturated heterocycles. The molecule has 0 atom stereocenters. The minimum atomic E-state index is -0.504. The van der Waals surface area contributed by atoms with E-state index in [1.807, 2.05) is 12.1 Å². The number of Topliss-reactive ketones (excluding diaryl/α,β-unsaturated/α-hetero) is 1. The molecule has 3 rings (SSSR count). The summed E-state index contributed by atoms with van der Waals surface area (Å²) in [6, 6.07) is 8.23. The van der Waals surface area contributed by atoms with E-state index < -0.39 is 5.82 Å². The lowest BCUT2D eigenvalue weighted by Crippen LogP contribution is -2.07. The molecule has 1 aliphatic rings. The first-order valence-electron chi connectivity index (χ1n) is 6.47. The molecule has 5 heteroatoms. The molecular weight excluding hydrogens is 403 g/mol. The molecule has 0 saturated carbocycles. The number of ketones is 1. The first-order valence-corrected chi connectivity index (χ1v) is 8.05. The second-order valence-corrected chi connectivity index (χ2v) is 6.71. The molecule has 21 heavy (non-hydrogen) atoms. The van der Waals surface area contributed by atoms with E-state index in [4.69, 9.17) is 4.74 Å². The lowest BCUT2D eigenvalue weighted by molar-refractivity contribution is 0.0988. The highest BCUT2D eigenvalue weighted by Gasteiger charge is 2.21. The Hall–Kier alpha value is -1.20. The standard InChI is InChI=1S/C16H11Br2FO2/c17-11-1-2-14(19)13(8-11)15(20)7-10-6-12(18)5-9-3-4-21-16(9)10/h1-2,5-6,8H,3-4,7H2. The average molecular weight is 414 g/mol. The fourth-order valence-electron chi connectivity index (χ4n) is 2.46. The summed E-state index contributed by atoms with van der Waals surface area (Å²) in [5, 5.41) is 0. The van der Waals surface area contributed by atoms with Crippen LogP contribution in [0.15, 0.2) is 39.3 Å². The van der Waals surface area contributed by atoms with Gasteiger partial charge in [-0.15, -0.1) is 0 Å². The summed E-state index contributed by atoms with van der Waals surface area (Å²) < 4.78 is 21.0. The molecule has 0 unspecified atom stereocenters. The number of fused-ring (bicyclic) bond motifs is 1. The van der Waals surface area contributed by atoms with E-state index >= 15 is 0 Å². The second kappa shape index (κ2) is 5.89. The van der Waals surface area contributed by atoms with Crippen LogP contribution >= 0.6 is 31.9 Å². The maximum atomic E-state index is 13.8. The summed E-state index contributed by atoms with van der Waals surface area (Å²) in [5.74, 6) is 0.00214. The third-order valence-corrected chi connectivity index (χ3v) is 4.36. The van der Waals surface area contributed by atoms with Crippen LogP contribution in [0.4, 0.5) is 4.39 Å². The molecule has 0 fully saturated rings. The molecule has 0 bridgehead atoms. The van der Waals surface area contributed by atoms with Crippen molar-refractivity contribution in [1.29, 1.82) is 0 Å². The zero-order chi connectivity index (χ0) is 15.0. The number of carbonyl (C=O) groups excluding carboxylic acids is 1. The van der Waals surface area contributed by atoms with Gasteiger partial charge in [0.15, 0.2) is 5.78 Å². The highest BCUT2D eigenvalue weighted by atomic mass is 79.9. The van der Waals surface area contributed by atoms with Crippen LogP contribution in [-0.2, 0) is 12.8 Å². The van der Waals surface area contributed by atoms with Gasteiger partial charge in [-0.2, -0.15) is 0 Å². The minimum absolute atomic E-state index is 0.0936. The lowest BCUT2D eigenvalue weighted by atomic mass is 10.00. The van der Waals surface area contributed by atoms with Gasteiger partial charge >= 0.3 is 0 Å². The number of hydrogen-bond acceptors (Lipinski definition) is 2. The largest absolute Gasteiger partial charge is 0.493 e. The fraction of sp³-hybridized carbons (Fsp3) is 0.188. The molecule has 1 heterocycles. The summed E-state index contributed by atoms with van der Waals surface area (Å²) in [5.41, 5.74) is 1.97. The van der Waals surface area contributed by atoms with Crippen LogP contribution in [0.5, 0.6) is 5.75 Å². The van der Waals surface area contributed by atoms with E-state index in [0.29, 0.717) is 11.1 Å². The Bertz CT molecular complexity index is 728. The first-order chi connectivity index (χ1) is 10.0. The average Bonchev–Trinajstić information content (AvgIpc) is 2.89. The summed E-state index contributed by atoms with van der Waals surface area (Å²) in [4.78, 5) is 12.4. The smallest absolute Gasteiger partial charge is 0.170 e. The van der Waals surface area contributed by atoms with Crippen molar-refractivity contribution in [2.45, 2.75) is 12.8 Å². The molecule has 108 valence electrons. The first kappa shape index (κ1) is 14.7. The predicted molar refractivity (Wildman–Crippen MR) is 85.5 cm³/mol. The molecular formula is C16H11Br2FO2. The Labute approximate surface area is 138 Å². The number of hydrogen-bond donors (Lipinski definition) is 0. The highest BCUT2D eigenvalue weighted by molar-refractivity contribution is 9.10. The van der Waals surface area contributed by atoms with Gasteiger partial charge in [-0.25, -0.2) is 4.39 Å². The summed E-state index contributed by atoms with van der Waals surface area (Å²) >= 11 is 6.70. The van der Waals surface area contributed by atoms with Gasteiger partial charge in [-0.05, 0) is 35.9 Å². The molecule has 0 N–H and O–H groups in total. The molecule has 2 nitrogen and oxygen atoms in total. The van der Waals surface area contributed by atoms with Crippen molar-refractivity contribution in [3.05, 3.63) is 61.8 Å². The lowest BCUT2D eigenvalue weighted by Gasteiger charge is -2.09. The van der Waals surface area contributed by atoms with E-state index in [1.165, 1.54) is 12.1 Å². The third kappa shape index (κ3) is 3.04. The van der Waals surface area contributed by atoms with Gasteiger partial charge in [0.25, 0.3) is 0 Å². The molecule has 0 radical (unpaired) electrons. The Kier molecular flexibility index (Phi) is 4.13. The van der Waals surface area contributed by atoms with Gasteiger partial charge in [-0.1, -0.05) is 31.9 Å². The number of ether oxygens (including phenoxy) is 1. The van der Waals surface area contributed by atoms with Gasteiger partial charge in [0.05, 0.1) is 12.2 Å². The molecule has 0 spiro atoms. The SMILES string of the molecule is O=C(Cc1cc(Br)cc2c1OCC2)c1cc(Br)ccc1F.